The van der Waals surface area contributed by atoms with Crippen LogP contribution in [0.15, 0.2) is 28.8 Å². The second kappa shape index (κ2) is 7.06. The van der Waals surface area contributed by atoms with Crippen molar-refractivity contribution in [2.24, 2.45) is 0 Å². The predicted molar refractivity (Wildman–Crippen MR) is 85.5 cm³/mol. The molecule has 1 fully saturated rings. The van der Waals surface area contributed by atoms with Crippen LogP contribution in [0.1, 0.15) is 42.1 Å². The quantitative estimate of drug-likeness (QED) is 0.661. The zero-order valence-corrected chi connectivity index (χ0v) is 13.5. The number of hydrogen-bond donors (Lipinski definition) is 1. The van der Waals surface area contributed by atoms with Gasteiger partial charge in [0.1, 0.15) is 0 Å². The Morgan fingerprint density at radius 2 is 2.21 bits per heavy atom. The average Bonchev–Trinajstić information content (AvgIpc) is 3.02. The molecule has 128 valence electrons. The fraction of sp³-hybridized carbons (Fsp3) is 0.500. The van der Waals surface area contributed by atoms with Crippen molar-refractivity contribution < 1.29 is 14.6 Å². The molecule has 0 spiro atoms. The zero-order valence-electron chi connectivity index (χ0n) is 13.5. The molecule has 3 rings (SSSR count). The number of non-ortho nitro benzene ring substituents is 1. The van der Waals surface area contributed by atoms with Crippen molar-refractivity contribution in [1.82, 2.24) is 15.0 Å². The minimum Gasteiger partial charge on any atom is -0.387 e. The summed E-state index contributed by atoms with van der Waals surface area (Å²) in [4.78, 5) is 16.8. The monoisotopic (exact) mass is 332 g/mol. The Morgan fingerprint density at radius 3 is 2.83 bits per heavy atom. The van der Waals surface area contributed by atoms with Gasteiger partial charge < -0.3 is 14.5 Å². The number of β-amino-alcohol motifs (C(OH)–C–C–N with tert-alkyl or cyclic N) is 1. The largest absolute Gasteiger partial charge is 0.387 e. The Bertz CT molecular complexity index is 710. The number of benzene rings is 1. The van der Waals surface area contributed by atoms with Crippen LogP contribution in [0.4, 0.5) is 5.69 Å². The van der Waals surface area contributed by atoms with Gasteiger partial charge >= 0.3 is 0 Å². The van der Waals surface area contributed by atoms with Gasteiger partial charge in [-0.15, -0.1) is 0 Å². The molecule has 1 aromatic heterocycles. The lowest BCUT2D eigenvalue weighted by molar-refractivity contribution is -0.385. The first-order valence-corrected chi connectivity index (χ1v) is 7.98. The van der Waals surface area contributed by atoms with E-state index in [4.69, 9.17) is 4.52 Å². The Hall–Kier alpha value is -2.32. The van der Waals surface area contributed by atoms with E-state index in [0.717, 1.165) is 31.8 Å². The lowest BCUT2D eigenvalue weighted by Crippen LogP contribution is -2.36. The average molecular weight is 332 g/mol. The summed E-state index contributed by atoms with van der Waals surface area (Å²) in [7, 11) is 0. The lowest BCUT2D eigenvalue weighted by Gasteiger charge is -2.31. The molecule has 1 atom stereocenters. The summed E-state index contributed by atoms with van der Waals surface area (Å²) in [6, 6.07) is 6.17. The van der Waals surface area contributed by atoms with Crippen LogP contribution in [0.25, 0.3) is 0 Å². The molecular formula is C16H20N4O4. The minimum absolute atomic E-state index is 0.00210. The van der Waals surface area contributed by atoms with Crippen molar-refractivity contribution in [3.8, 4) is 0 Å². The van der Waals surface area contributed by atoms with E-state index >= 15 is 0 Å². The number of nitro groups is 1. The molecule has 0 saturated carbocycles. The summed E-state index contributed by atoms with van der Waals surface area (Å²) in [6.45, 7) is 3.88. The number of likely N-dealkylation sites (tertiary alicyclic amines) is 1. The molecule has 8 nitrogen and oxygen atoms in total. The summed E-state index contributed by atoms with van der Waals surface area (Å²) in [5.74, 6) is 1.62. The van der Waals surface area contributed by atoms with E-state index in [2.05, 4.69) is 15.0 Å². The number of aliphatic hydroxyl groups is 1. The molecule has 2 heterocycles. The first-order chi connectivity index (χ1) is 11.5. The van der Waals surface area contributed by atoms with E-state index in [1.54, 1.807) is 19.1 Å². The molecule has 1 aromatic carbocycles. The summed E-state index contributed by atoms with van der Waals surface area (Å²) >= 11 is 0. The number of nitrogens with zero attached hydrogens (tertiary/aromatic N) is 4. The second-order valence-corrected chi connectivity index (χ2v) is 6.11. The number of aromatic nitrogens is 2. The Kier molecular flexibility index (Phi) is 4.86. The first kappa shape index (κ1) is 16.5. The number of hydrogen-bond acceptors (Lipinski definition) is 7. The molecule has 2 aromatic rings. The van der Waals surface area contributed by atoms with Crippen molar-refractivity contribution in [2.45, 2.75) is 31.8 Å². The number of piperidine rings is 1. The van der Waals surface area contributed by atoms with Crippen LogP contribution in [0.5, 0.6) is 0 Å². The van der Waals surface area contributed by atoms with Gasteiger partial charge in [-0.05, 0) is 31.5 Å². The van der Waals surface area contributed by atoms with E-state index in [-0.39, 0.29) is 11.6 Å². The molecule has 1 aliphatic rings. The Labute approximate surface area is 139 Å². The maximum atomic E-state index is 10.8. The maximum Gasteiger partial charge on any atom is 0.269 e. The third-order valence-electron chi connectivity index (χ3n) is 4.39. The molecule has 8 heteroatoms. The molecule has 1 saturated heterocycles. The van der Waals surface area contributed by atoms with Crippen molar-refractivity contribution in [1.29, 1.82) is 0 Å². The highest BCUT2D eigenvalue weighted by Crippen LogP contribution is 2.27. The molecule has 1 aliphatic heterocycles. The number of rotatable bonds is 5. The molecule has 1 N–H and O–H groups in total. The molecule has 0 amide bonds. The fourth-order valence-corrected chi connectivity index (χ4v) is 3.05. The fourth-order valence-electron chi connectivity index (χ4n) is 3.05. The highest BCUT2D eigenvalue weighted by atomic mass is 16.6. The molecule has 0 bridgehead atoms. The number of nitro benzene ring substituents is 1. The van der Waals surface area contributed by atoms with Crippen LogP contribution in [0, 0.1) is 17.0 Å². The number of aryl methyl sites for hydroxylation is 1. The van der Waals surface area contributed by atoms with Gasteiger partial charge in [-0.2, -0.15) is 4.98 Å². The standard InChI is InChI=1S/C16H20N4O4/c1-11-17-16(18-24-11)12-5-7-19(8-6-12)10-15(21)13-3-2-4-14(9-13)20(22)23/h2-4,9,12,15,21H,5-8,10H2,1H3/t15-/m0/s1. The van der Waals surface area contributed by atoms with Gasteiger partial charge in [-0.25, -0.2) is 0 Å². The van der Waals surface area contributed by atoms with Crippen LogP contribution >= 0.6 is 0 Å². The van der Waals surface area contributed by atoms with E-state index in [0.29, 0.717) is 18.0 Å². The van der Waals surface area contributed by atoms with E-state index in [9.17, 15) is 15.2 Å². The molecule has 0 aliphatic carbocycles. The normalized spacial score (nSPS) is 17.8. The molecule has 0 unspecified atom stereocenters. The Morgan fingerprint density at radius 1 is 1.46 bits per heavy atom. The van der Waals surface area contributed by atoms with Gasteiger partial charge in [0.15, 0.2) is 5.82 Å². The SMILES string of the molecule is Cc1nc(C2CCN(C[C@H](O)c3cccc([N+](=O)[O-])c3)CC2)no1. The van der Waals surface area contributed by atoms with E-state index in [1.165, 1.54) is 12.1 Å². The minimum atomic E-state index is -0.742. The van der Waals surface area contributed by atoms with Crippen LogP contribution in [0.2, 0.25) is 0 Å². The van der Waals surface area contributed by atoms with Crippen LogP contribution in [-0.2, 0) is 0 Å². The van der Waals surface area contributed by atoms with E-state index in [1.807, 2.05) is 0 Å². The highest BCUT2D eigenvalue weighted by molar-refractivity contribution is 5.35. The third kappa shape index (κ3) is 3.77. The lowest BCUT2D eigenvalue weighted by atomic mass is 9.95. The van der Waals surface area contributed by atoms with Gasteiger partial charge in [-0.1, -0.05) is 17.3 Å². The van der Waals surface area contributed by atoms with Gasteiger partial charge in [0.25, 0.3) is 5.69 Å². The summed E-state index contributed by atoms with van der Waals surface area (Å²) < 4.78 is 5.03. The topological polar surface area (TPSA) is 106 Å². The maximum absolute atomic E-state index is 10.8. The van der Waals surface area contributed by atoms with Crippen LogP contribution in [-0.4, -0.2) is 44.7 Å². The smallest absolute Gasteiger partial charge is 0.269 e. The number of aliphatic hydroxyl groups excluding tert-OH is 1. The highest BCUT2D eigenvalue weighted by Gasteiger charge is 2.25. The van der Waals surface area contributed by atoms with Gasteiger partial charge in [0.2, 0.25) is 5.89 Å². The van der Waals surface area contributed by atoms with E-state index < -0.39 is 11.0 Å². The third-order valence-corrected chi connectivity index (χ3v) is 4.39. The Balaban J connectivity index is 1.55. The van der Waals surface area contributed by atoms with Crippen molar-refractivity contribution >= 4 is 5.69 Å². The molecule has 0 radical (unpaired) electrons. The van der Waals surface area contributed by atoms with Crippen molar-refractivity contribution in [3.05, 3.63) is 51.7 Å². The second-order valence-electron chi connectivity index (χ2n) is 6.11. The first-order valence-electron chi connectivity index (χ1n) is 7.98. The van der Waals surface area contributed by atoms with Gasteiger partial charge in [-0.3, -0.25) is 10.1 Å². The molecule has 24 heavy (non-hydrogen) atoms. The van der Waals surface area contributed by atoms with Crippen LogP contribution in [0.3, 0.4) is 0 Å². The van der Waals surface area contributed by atoms with Crippen LogP contribution < -0.4 is 0 Å². The molecular weight excluding hydrogens is 312 g/mol. The zero-order chi connectivity index (χ0) is 17.1. The summed E-state index contributed by atoms with van der Waals surface area (Å²) in [6.07, 6.45) is 1.07. The van der Waals surface area contributed by atoms with Gasteiger partial charge in [0.05, 0.1) is 11.0 Å². The van der Waals surface area contributed by atoms with Crippen molar-refractivity contribution in [2.75, 3.05) is 19.6 Å². The summed E-state index contributed by atoms with van der Waals surface area (Å²) in [5, 5.41) is 25.2. The predicted octanol–water partition coefficient (Wildman–Crippen LogP) is 2.20. The summed E-state index contributed by atoms with van der Waals surface area (Å²) in [5.41, 5.74) is 0.567. The van der Waals surface area contributed by atoms with Gasteiger partial charge in [0, 0.05) is 31.5 Å². The van der Waals surface area contributed by atoms with Crippen molar-refractivity contribution in [3.63, 3.8) is 0 Å².